The van der Waals surface area contributed by atoms with Gasteiger partial charge in [0.1, 0.15) is 0 Å². The second-order valence-corrected chi connectivity index (χ2v) is 5.56. The standard InChI is InChI=1S/C18H27N3O/c1-3-20(4-2)18(22)21-15-13-19(14-16-21)12-8-11-17-9-6-5-7-10-17/h5-11H,3-4,12-16H2,1-2H3/b11-8+. The highest BCUT2D eigenvalue weighted by molar-refractivity contribution is 5.74. The lowest BCUT2D eigenvalue weighted by atomic mass is 10.2. The monoisotopic (exact) mass is 301 g/mol. The van der Waals surface area contributed by atoms with Crippen LogP contribution < -0.4 is 0 Å². The molecule has 1 saturated heterocycles. The molecule has 0 radical (unpaired) electrons. The van der Waals surface area contributed by atoms with Gasteiger partial charge in [0, 0.05) is 45.8 Å². The van der Waals surface area contributed by atoms with E-state index >= 15 is 0 Å². The maximum absolute atomic E-state index is 12.3. The first kappa shape index (κ1) is 16.6. The van der Waals surface area contributed by atoms with Gasteiger partial charge < -0.3 is 9.80 Å². The lowest BCUT2D eigenvalue weighted by Crippen LogP contribution is -2.52. The van der Waals surface area contributed by atoms with Gasteiger partial charge in [-0.2, -0.15) is 0 Å². The van der Waals surface area contributed by atoms with Gasteiger partial charge in [-0.05, 0) is 19.4 Å². The molecule has 22 heavy (non-hydrogen) atoms. The van der Waals surface area contributed by atoms with Crippen LogP contribution in [0, 0.1) is 0 Å². The summed E-state index contributed by atoms with van der Waals surface area (Å²) >= 11 is 0. The van der Waals surface area contributed by atoms with Gasteiger partial charge >= 0.3 is 6.03 Å². The molecular weight excluding hydrogens is 274 g/mol. The lowest BCUT2D eigenvalue weighted by Gasteiger charge is -2.36. The van der Waals surface area contributed by atoms with Gasteiger partial charge in [0.25, 0.3) is 0 Å². The van der Waals surface area contributed by atoms with Crippen molar-refractivity contribution in [2.24, 2.45) is 0 Å². The van der Waals surface area contributed by atoms with Gasteiger partial charge in [-0.25, -0.2) is 4.79 Å². The van der Waals surface area contributed by atoms with E-state index in [-0.39, 0.29) is 6.03 Å². The summed E-state index contributed by atoms with van der Waals surface area (Å²) in [5.74, 6) is 0. The number of urea groups is 1. The van der Waals surface area contributed by atoms with E-state index in [2.05, 4.69) is 41.3 Å². The fourth-order valence-corrected chi connectivity index (χ4v) is 2.72. The van der Waals surface area contributed by atoms with E-state index < -0.39 is 0 Å². The second-order valence-electron chi connectivity index (χ2n) is 5.56. The van der Waals surface area contributed by atoms with E-state index in [0.717, 1.165) is 45.8 Å². The Morgan fingerprint density at radius 2 is 1.73 bits per heavy atom. The van der Waals surface area contributed by atoms with Crippen LogP contribution >= 0.6 is 0 Å². The van der Waals surface area contributed by atoms with Crippen LogP contribution in [-0.2, 0) is 0 Å². The van der Waals surface area contributed by atoms with E-state index in [4.69, 9.17) is 0 Å². The molecule has 0 bridgehead atoms. The van der Waals surface area contributed by atoms with Crippen LogP contribution in [0.4, 0.5) is 4.79 Å². The summed E-state index contributed by atoms with van der Waals surface area (Å²) in [7, 11) is 0. The first-order valence-corrected chi connectivity index (χ1v) is 8.22. The van der Waals surface area contributed by atoms with Crippen molar-refractivity contribution < 1.29 is 4.79 Å². The highest BCUT2D eigenvalue weighted by atomic mass is 16.2. The number of hydrogen-bond donors (Lipinski definition) is 0. The average molecular weight is 301 g/mol. The summed E-state index contributed by atoms with van der Waals surface area (Å²) in [5.41, 5.74) is 1.23. The Morgan fingerprint density at radius 3 is 2.32 bits per heavy atom. The number of carbonyl (C=O) groups excluding carboxylic acids is 1. The van der Waals surface area contributed by atoms with Crippen molar-refractivity contribution in [1.29, 1.82) is 0 Å². The highest BCUT2D eigenvalue weighted by Crippen LogP contribution is 2.07. The Labute approximate surface area is 134 Å². The van der Waals surface area contributed by atoms with Crippen molar-refractivity contribution in [3.63, 3.8) is 0 Å². The van der Waals surface area contributed by atoms with Crippen LogP contribution in [0.3, 0.4) is 0 Å². The molecule has 2 rings (SSSR count). The van der Waals surface area contributed by atoms with E-state index in [9.17, 15) is 4.79 Å². The summed E-state index contributed by atoms with van der Waals surface area (Å²) in [6.45, 7) is 10.1. The molecule has 120 valence electrons. The predicted molar refractivity (Wildman–Crippen MR) is 91.8 cm³/mol. The molecule has 4 heteroatoms. The maximum Gasteiger partial charge on any atom is 0.320 e. The molecule has 1 aromatic carbocycles. The summed E-state index contributed by atoms with van der Waals surface area (Å²) < 4.78 is 0. The SMILES string of the molecule is CCN(CC)C(=O)N1CCN(C/C=C/c2ccccc2)CC1. The zero-order valence-electron chi connectivity index (χ0n) is 13.7. The van der Waals surface area contributed by atoms with Crippen LogP contribution in [0.15, 0.2) is 36.4 Å². The molecule has 1 aromatic rings. The zero-order valence-corrected chi connectivity index (χ0v) is 13.7. The van der Waals surface area contributed by atoms with Crippen LogP contribution in [-0.4, -0.2) is 66.5 Å². The van der Waals surface area contributed by atoms with Gasteiger partial charge in [0.2, 0.25) is 0 Å². The molecule has 0 aromatic heterocycles. The molecule has 0 aliphatic carbocycles. The number of rotatable bonds is 5. The third-order valence-electron chi connectivity index (χ3n) is 4.15. The van der Waals surface area contributed by atoms with Crippen molar-refractivity contribution in [1.82, 2.24) is 14.7 Å². The van der Waals surface area contributed by atoms with Crippen LogP contribution in [0.25, 0.3) is 6.08 Å². The van der Waals surface area contributed by atoms with E-state index in [0.29, 0.717) is 0 Å². The molecule has 1 aliphatic rings. The molecule has 4 nitrogen and oxygen atoms in total. The summed E-state index contributed by atoms with van der Waals surface area (Å²) in [4.78, 5) is 18.6. The highest BCUT2D eigenvalue weighted by Gasteiger charge is 2.23. The summed E-state index contributed by atoms with van der Waals surface area (Å²) in [6.07, 6.45) is 4.37. The fraction of sp³-hybridized carbons (Fsp3) is 0.500. The van der Waals surface area contributed by atoms with Gasteiger partial charge in [0.15, 0.2) is 0 Å². The van der Waals surface area contributed by atoms with Gasteiger partial charge in [-0.1, -0.05) is 42.5 Å². The van der Waals surface area contributed by atoms with E-state index in [1.165, 1.54) is 5.56 Å². The Kier molecular flexibility index (Phi) is 6.46. The Morgan fingerprint density at radius 1 is 1.09 bits per heavy atom. The van der Waals surface area contributed by atoms with Gasteiger partial charge in [-0.15, -0.1) is 0 Å². The molecular formula is C18H27N3O. The molecule has 0 N–H and O–H groups in total. The maximum atomic E-state index is 12.3. The van der Waals surface area contributed by atoms with Crippen molar-refractivity contribution in [3.8, 4) is 0 Å². The van der Waals surface area contributed by atoms with Crippen LogP contribution in [0.1, 0.15) is 19.4 Å². The molecule has 1 aliphatic heterocycles. The Balaban J connectivity index is 1.75. The normalized spacial score (nSPS) is 16.2. The number of hydrogen-bond acceptors (Lipinski definition) is 2. The quantitative estimate of drug-likeness (QED) is 0.836. The average Bonchev–Trinajstić information content (AvgIpc) is 2.57. The van der Waals surface area contributed by atoms with Crippen molar-refractivity contribution in [3.05, 3.63) is 42.0 Å². The number of amides is 2. The van der Waals surface area contributed by atoms with Crippen molar-refractivity contribution >= 4 is 12.1 Å². The molecule has 0 unspecified atom stereocenters. The number of nitrogens with zero attached hydrogens (tertiary/aromatic N) is 3. The van der Waals surface area contributed by atoms with Gasteiger partial charge in [-0.3, -0.25) is 4.90 Å². The van der Waals surface area contributed by atoms with E-state index in [1.54, 1.807) is 0 Å². The minimum atomic E-state index is 0.185. The Bertz CT molecular complexity index is 474. The molecule has 0 saturated carbocycles. The minimum Gasteiger partial charge on any atom is -0.325 e. The predicted octanol–water partition coefficient (Wildman–Crippen LogP) is 2.78. The zero-order chi connectivity index (χ0) is 15.8. The topological polar surface area (TPSA) is 26.8 Å². The molecule has 0 atom stereocenters. The van der Waals surface area contributed by atoms with Gasteiger partial charge in [0.05, 0.1) is 0 Å². The molecule has 2 amide bonds. The van der Waals surface area contributed by atoms with Crippen molar-refractivity contribution in [2.45, 2.75) is 13.8 Å². The smallest absolute Gasteiger partial charge is 0.320 e. The molecule has 1 heterocycles. The molecule has 1 fully saturated rings. The number of carbonyl (C=O) groups is 1. The third kappa shape index (κ3) is 4.60. The van der Waals surface area contributed by atoms with Crippen LogP contribution in [0.5, 0.6) is 0 Å². The van der Waals surface area contributed by atoms with Crippen LogP contribution in [0.2, 0.25) is 0 Å². The molecule has 0 spiro atoms. The second kappa shape index (κ2) is 8.59. The lowest BCUT2D eigenvalue weighted by molar-refractivity contribution is 0.120. The number of benzene rings is 1. The first-order valence-electron chi connectivity index (χ1n) is 8.22. The largest absolute Gasteiger partial charge is 0.325 e. The third-order valence-corrected chi connectivity index (χ3v) is 4.15. The van der Waals surface area contributed by atoms with Crippen molar-refractivity contribution in [2.75, 3.05) is 45.8 Å². The Hall–Kier alpha value is -1.81. The van der Waals surface area contributed by atoms with E-state index in [1.807, 2.05) is 29.7 Å². The number of piperazine rings is 1. The summed E-state index contributed by atoms with van der Waals surface area (Å²) in [5, 5.41) is 0. The summed E-state index contributed by atoms with van der Waals surface area (Å²) in [6, 6.07) is 10.5. The minimum absolute atomic E-state index is 0.185. The first-order chi connectivity index (χ1) is 10.7. The fourth-order valence-electron chi connectivity index (χ4n) is 2.72.